The molecule has 1 N–H and O–H groups in total. The fourth-order valence-corrected chi connectivity index (χ4v) is 3.70. The van der Waals surface area contributed by atoms with Crippen molar-refractivity contribution in [3.8, 4) is 0 Å². The molecule has 0 amide bonds. The van der Waals surface area contributed by atoms with Crippen LogP contribution in [0.25, 0.3) is 0 Å². The predicted molar refractivity (Wildman–Crippen MR) is 69.9 cm³/mol. The smallest absolute Gasteiger partial charge is 0.150 e. The molecular formula is C12H15ClFNO2S. The highest BCUT2D eigenvalue weighted by Gasteiger charge is 2.23. The molecule has 0 unspecified atom stereocenters. The van der Waals surface area contributed by atoms with E-state index in [9.17, 15) is 12.8 Å². The molecule has 1 aliphatic rings. The minimum Gasteiger partial charge on any atom is -0.310 e. The summed E-state index contributed by atoms with van der Waals surface area (Å²) in [5, 5.41) is 3.75. The molecule has 0 aliphatic carbocycles. The minimum absolute atomic E-state index is 0.160. The van der Waals surface area contributed by atoms with Crippen LogP contribution in [0, 0.1) is 5.82 Å². The molecule has 0 spiro atoms. The Morgan fingerprint density at radius 2 is 2.00 bits per heavy atom. The Labute approximate surface area is 111 Å². The monoisotopic (exact) mass is 291 g/mol. The first-order valence-electron chi connectivity index (χ1n) is 5.84. The van der Waals surface area contributed by atoms with Crippen LogP contribution in [0.3, 0.4) is 0 Å². The normalized spacial score (nSPS) is 19.9. The molecule has 2 rings (SSSR count). The van der Waals surface area contributed by atoms with Crippen molar-refractivity contribution in [2.24, 2.45) is 0 Å². The lowest BCUT2D eigenvalue weighted by Gasteiger charge is -2.23. The van der Waals surface area contributed by atoms with Crippen molar-refractivity contribution in [1.82, 2.24) is 5.32 Å². The van der Waals surface area contributed by atoms with E-state index in [-0.39, 0.29) is 23.4 Å². The maximum atomic E-state index is 13.0. The van der Waals surface area contributed by atoms with Crippen molar-refractivity contribution < 1.29 is 12.8 Å². The maximum absolute atomic E-state index is 13.0. The highest BCUT2D eigenvalue weighted by molar-refractivity contribution is 7.91. The number of sulfone groups is 1. The van der Waals surface area contributed by atoms with Crippen LogP contribution in [0.5, 0.6) is 0 Å². The minimum atomic E-state index is -2.84. The van der Waals surface area contributed by atoms with E-state index in [0.717, 1.165) is 0 Å². The second-order valence-electron chi connectivity index (χ2n) is 4.54. The van der Waals surface area contributed by atoms with E-state index in [4.69, 9.17) is 11.6 Å². The highest BCUT2D eigenvalue weighted by Crippen LogP contribution is 2.18. The van der Waals surface area contributed by atoms with Gasteiger partial charge in [0.1, 0.15) is 15.7 Å². The summed E-state index contributed by atoms with van der Waals surface area (Å²) in [6, 6.07) is 4.40. The first-order valence-corrected chi connectivity index (χ1v) is 8.04. The van der Waals surface area contributed by atoms with Crippen LogP contribution in [0.2, 0.25) is 5.02 Å². The van der Waals surface area contributed by atoms with Gasteiger partial charge in [-0.05, 0) is 36.6 Å². The summed E-state index contributed by atoms with van der Waals surface area (Å²) < 4.78 is 35.6. The molecular weight excluding hydrogens is 277 g/mol. The van der Waals surface area contributed by atoms with E-state index >= 15 is 0 Å². The average molecular weight is 292 g/mol. The first kappa shape index (κ1) is 13.8. The molecule has 100 valence electrons. The van der Waals surface area contributed by atoms with Gasteiger partial charge >= 0.3 is 0 Å². The maximum Gasteiger partial charge on any atom is 0.150 e. The van der Waals surface area contributed by atoms with Gasteiger partial charge in [-0.1, -0.05) is 11.6 Å². The van der Waals surface area contributed by atoms with E-state index in [1.165, 1.54) is 18.2 Å². The predicted octanol–water partition coefficient (Wildman–Crippen LogP) is 2.15. The third-order valence-corrected chi connectivity index (χ3v) is 5.23. The second-order valence-corrected chi connectivity index (χ2v) is 7.25. The first-order chi connectivity index (χ1) is 8.46. The number of hydrogen-bond donors (Lipinski definition) is 1. The molecule has 1 aromatic rings. The van der Waals surface area contributed by atoms with Crippen molar-refractivity contribution in [3.05, 3.63) is 34.6 Å². The summed E-state index contributed by atoms with van der Waals surface area (Å²) in [5.74, 6) is 0.130. The molecule has 0 bridgehead atoms. The number of rotatable bonds is 3. The zero-order valence-electron chi connectivity index (χ0n) is 9.83. The molecule has 1 aromatic carbocycles. The molecule has 3 nitrogen and oxygen atoms in total. The van der Waals surface area contributed by atoms with Crippen LogP contribution in [0.1, 0.15) is 18.4 Å². The fraction of sp³-hybridized carbons (Fsp3) is 0.500. The number of benzene rings is 1. The van der Waals surface area contributed by atoms with Gasteiger partial charge in [0.2, 0.25) is 0 Å². The van der Waals surface area contributed by atoms with Crippen molar-refractivity contribution in [3.63, 3.8) is 0 Å². The Morgan fingerprint density at radius 1 is 1.33 bits per heavy atom. The third-order valence-electron chi connectivity index (χ3n) is 3.14. The molecule has 1 fully saturated rings. The zero-order chi connectivity index (χ0) is 13.2. The standard InChI is InChI=1S/C12H15ClFNO2S/c13-12-2-1-10(14)7-9(12)8-15-11-3-5-18(16,17)6-4-11/h1-2,7,11,15H,3-6,8H2. The summed E-state index contributed by atoms with van der Waals surface area (Å²) >= 11 is 5.96. The van der Waals surface area contributed by atoms with Gasteiger partial charge in [0.25, 0.3) is 0 Å². The summed E-state index contributed by atoms with van der Waals surface area (Å²) in [5.41, 5.74) is 0.699. The summed E-state index contributed by atoms with van der Waals surface area (Å²) in [6.45, 7) is 0.460. The summed E-state index contributed by atoms with van der Waals surface area (Å²) in [6.07, 6.45) is 1.21. The Kier molecular flexibility index (Phi) is 4.25. The van der Waals surface area contributed by atoms with E-state index in [0.29, 0.717) is 30.0 Å². The van der Waals surface area contributed by atoms with Gasteiger partial charge in [-0.3, -0.25) is 0 Å². The number of nitrogens with one attached hydrogen (secondary N) is 1. The van der Waals surface area contributed by atoms with Gasteiger partial charge in [0, 0.05) is 17.6 Å². The molecule has 1 saturated heterocycles. The number of hydrogen-bond acceptors (Lipinski definition) is 3. The van der Waals surface area contributed by atoms with E-state index in [1.807, 2.05) is 0 Å². The molecule has 0 saturated carbocycles. The van der Waals surface area contributed by atoms with Gasteiger partial charge in [-0.15, -0.1) is 0 Å². The lowest BCUT2D eigenvalue weighted by Crippen LogP contribution is -2.37. The molecule has 1 heterocycles. The van der Waals surface area contributed by atoms with E-state index < -0.39 is 9.84 Å². The van der Waals surface area contributed by atoms with Crippen LogP contribution in [0.15, 0.2) is 18.2 Å². The number of halogens is 2. The summed E-state index contributed by atoms with van der Waals surface area (Å²) in [4.78, 5) is 0. The quantitative estimate of drug-likeness (QED) is 0.928. The molecule has 0 aromatic heterocycles. The largest absolute Gasteiger partial charge is 0.310 e. The third kappa shape index (κ3) is 3.67. The lowest BCUT2D eigenvalue weighted by atomic mass is 10.1. The van der Waals surface area contributed by atoms with Crippen LogP contribution >= 0.6 is 11.6 Å². The van der Waals surface area contributed by atoms with Gasteiger partial charge in [-0.25, -0.2) is 12.8 Å². The van der Waals surface area contributed by atoms with Gasteiger partial charge < -0.3 is 5.32 Å². The van der Waals surface area contributed by atoms with Crippen LogP contribution in [-0.2, 0) is 16.4 Å². The second kappa shape index (κ2) is 5.55. The van der Waals surface area contributed by atoms with Gasteiger partial charge in [0.05, 0.1) is 11.5 Å². The Balaban J connectivity index is 1.90. The summed E-state index contributed by atoms with van der Waals surface area (Å²) in [7, 11) is -2.84. The molecule has 1 aliphatic heterocycles. The SMILES string of the molecule is O=S1(=O)CCC(NCc2cc(F)ccc2Cl)CC1. The van der Waals surface area contributed by atoms with Gasteiger partial charge in [0.15, 0.2) is 0 Å². The molecule has 0 radical (unpaired) electrons. The van der Waals surface area contributed by atoms with Crippen LogP contribution in [-0.4, -0.2) is 26.0 Å². The van der Waals surface area contributed by atoms with Crippen molar-refractivity contribution in [2.75, 3.05) is 11.5 Å². The highest BCUT2D eigenvalue weighted by atomic mass is 35.5. The van der Waals surface area contributed by atoms with Crippen LogP contribution < -0.4 is 5.32 Å². The average Bonchev–Trinajstić information content (AvgIpc) is 2.32. The fourth-order valence-electron chi connectivity index (χ4n) is 2.03. The van der Waals surface area contributed by atoms with Crippen molar-refractivity contribution in [1.29, 1.82) is 0 Å². The molecule has 0 atom stereocenters. The molecule has 6 heteroatoms. The zero-order valence-corrected chi connectivity index (χ0v) is 11.4. The van der Waals surface area contributed by atoms with Crippen molar-refractivity contribution >= 4 is 21.4 Å². The van der Waals surface area contributed by atoms with Crippen molar-refractivity contribution in [2.45, 2.75) is 25.4 Å². The Bertz CT molecular complexity index is 519. The lowest BCUT2D eigenvalue weighted by molar-refractivity contribution is 0.462. The topological polar surface area (TPSA) is 46.2 Å². The molecule has 18 heavy (non-hydrogen) atoms. The Hall–Kier alpha value is -0.650. The van der Waals surface area contributed by atoms with Gasteiger partial charge in [-0.2, -0.15) is 0 Å². The van der Waals surface area contributed by atoms with Crippen LogP contribution in [0.4, 0.5) is 4.39 Å². The van der Waals surface area contributed by atoms with E-state index in [1.54, 1.807) is 0 Å². The van der Waals surface area contributed by atoms with E-state index in [2.05, 4.69) is 5.32 Å². The Morgan fingerprint density at radius 3 is 2.67 bits per heavy atom.